The van der Waals surface area contributed by atoms with Gasteiger partial charge in [-0.25, -0.2) is 0 Å². The molecule has 0 aromatic rings. The number of aliphatic hydroxyl groups is 1. The highest BCUT2D eigenvalue weighted by Crippen LogP contribution is 2.29. The van der Waals surface area contributed by atoms with Crippen LogP contribution < -0.4 is 0 Å². The van der Waals surface area contributed by atoms with Crippen LogP contribution >= 0.6 is 0 Å². The molecule has 1 aliphatic rings. The summed E-state index contributed by atoms with van der Waals surface area (Å²) >= 11 is 0. The second-order valence-electron chi connectivity index (χ2n) is 6.23. The van der Waals surface area contributed by atoms with Gasteiger partial charge < -0.3 is 9.84 Å². The molecule has 2 heteroatoms. The minimum absolute atomic E-state index is 0.561. The number of rotatable bonds is 14. The molecular formula is C17H34O2. The predicted octanol–water partition coefficient (Wildman–Crippen LogP) is 5.19. The number of ether oxygens (including phenoxy) is 1. The van der Waals surface area contributed by atoms with Gasteiger partial charge in [-0.3, -0.25) is 0 Å². The summed E-state index contributed by atoms with van der Waals surface area (Å²) in [5, 5.41) is 9.48. The van der Waals surface area contributed by atoms with E-state index in [1.165, 1.54) is 77.0 Å². The van der Waals surface area contributed by atoms with E-state index in [2.05, 4.69) is 6.92 Å². The molecule has 1 atom stereocenters. The van der Waals surface area contributed by atoms with E-state index in [-0.39, 0.29) is 0 Å². The molecule has 0 aliphatic carbocycles. The molecule has 0 bridgehead atoms. The largest absolute Gasteiger partial charge is 0.364 e. The van der Waals surface area contributed by atoms with Gasteiger partial charge in [0.05, 0.1) is 0 Å². The van der Waals surface area contributed by atoms with Crippen LogP contribution in [0.5, 0.6) is 0 Å². The molecule has 0 amide bonds. The lowest BCUT2D eigenvalue weighted by Gasteiger charge is -2.04. The smallest absolute Gasteiger partial charge is 0.189 e. The average Bonchev–Trinajstić information content (AvgIpc) is 3.13. The highest BCUT2D eigenvalue weighted by molar-refractivity contribution is 4.78. The number of hydrogen-bond donors (Lipinski definition) is 1. The maximum Gasteiger partial charge on any atom is 0.189 e. The number of epoxide rings is 1. The second-order valence-corrected chi connectivity index (χ2v) is 6.23. The Bertz CT molecular complexity index is 199. The minimum atomic E-state index is -0.711. The van der Waals surface area contributed by atoms with Gasteiger partial charge in [0.2, 0.25) is 0 Å². The third kappa shape index (κ3) is 10.4. The third-order valence-corrected chi connectivity index (χ3v) is 4.15. The van der Waals surface area contributed by atoms with E-state index in [1.807, 2.05) is 0 Å². The summed E-state index contributed by atoms with van der Waals surface area (Å²) < 4.78 is 4.96. The first-order valence-corrected chi connectivity index (χ1v) is 8.63. The van der Waals surface area contributed by atoms with Gasteiger partial charge in [0.25, 0.3) is 0 Å². The topological polar surface area (TPSA) is 32.8 Å². The summed E-state index contributed by atoms with van der Waals surface area (Å²) in [7, 11) is 0. The molecule has 1 heterocycles. The summed E-state index contributed by atoms with van der Waals surface area (Å²) in [5.41, 5.74) is 0. The summed E-state index contributed by atoms with van der Waals surface area (Å²) in [4.78, 5) is 0. The van der Waals surface area contributed by atoms with E-state index < -0.39 is 5.79 Å². The molecule has 1 saturated heterocycles. The Morgan fingerprint density at radius 3 is 1.47 bits per heavy atom. The quantitative estimate of drug-likeness (QED) is 0.348. The van der Waals surface area contributed by atoms with E-state index in [9.17, 15) is 5.11 Å². The van der Waals surface area contributed by atoms with Gasteiger partial charge >= 0.3 is 0 Å². The zero-order chi connectivity index (χ0) is 13.8. The zero-order valence-electron chi connectivity index (χ0n) is 13.0. The maximum atomic E-state index is 9.48. The first kappa shape index (κ1) is 17.0. The Kier molecular flexibility index (Phi) is 9.54. The molecule has 0 aromatic carbocycles. The fraction of sp³-hybridized carbons (Fsp3) is 1.00. The van der Waals surface area contributed by atoms with Crippen molar-refractivity contribution in [2.45, 2.75) is 103 Å². The second kappa shape index (κ2) is 10.7. The Morgan fingerprint density at radius 1 is 0.737 bits per heavy atom. The first-order valence-electron chi connectivity index (χ1n) is 8.63. The van der Waals surface area contributed by atoms with Crippen molar-refractivity contribution in [3.63, 3.8) is 0 Å². The van der Waals surface area contributed by atoms with E-state index in [0.717, 1.165) is 12.8 Å². The lowest BCUT2D eigenvalue weighted by Crippen LogP contribution is -2.07. The zero-order valence-corrected chi connectivity index (χ0v) is 13.0. The molecule has 19 heavy (non-hydrogen) atoms. The Morgan fingerprint density at radius 2 is 1.11 bits per heavy atom. The van der Waals surface area contributed by atoms with Crippen molar-refractivity contribution in [2.24, 2.45) is 0 Å². The monoisotopic (exact) mass is 270 g/mol. The molecule has 2 nitrogen and oxygen atoms in total. The third-order valence-electron chi connectivity index (χ3n) is 4.15. The van der Waals surface area contributed by atoms with E-state index in [4.69, 9.17) is 4.74 Å². The van der Waals surface area contributed by atoms with Gasteiger partial charge in [-0.15, -0.1) is 0 Å². The van der Waals surface area contributed by atoms with Gasteiger partial charge in [-0.1, -0.05) is 84.0 Å². The first-order chi connectivity index (χ1) is 9.27. The van der Waals surface area contributed by atoms with Gasteiger partial charge in [0, 0.05) is 6.42 Å². The van der Waals surface area contributed by atoms with Crippen molar-refractivity contribution in [1.82, 2.24) is 0 Å². The van der Waals surface area contributed by atoms with Crippen LogP contribution in [0.4, 0.5) is 0 Å². The van der Waals surface area contributed by atoms with Gasteiger partial charge in [0.15, 0.2) is 5.79 Å². The van der Waals surface area contributed by atoms with Crippen LogP contribution in [0.1, 0.15) is 96.8 Å². The van der Waals surface area contributed by atoms with Crippen molar-refractivity contribution in [2.75, 3.05) is 6.61 Å². The summed E-state index contributed by atoms with van der Waals surface area (Å²) in [6.07, 6.45) is 18.7. The normalized spacial score (nSPS) is 21.8. The highest BCUT2D eigenvalue weighted by Gasteiger charge is 2.41. The van der Waals surface area contributed by atoms with Crippen LogP contribution in [0.2, 0.25) is 0 Å². The molecule has 0 spiro atoms. The lowest BCUT2D eigenvalue weighted by molar-refractivity contribution is 0.0265. The van der Waals surface area contributed by atoms with Gasteiger partial charge in [0.1, 0.15) is 6.61 Å². The molecule has 0 radical (unpaired) electrons. The van der Waals surface area contributed by atoms with E-state index in [0.29, 0.717) is 6.61 Å². The average molecular weight is 270 g/mol. The van der Waals surface area contributed by atoms with E-state index in [1.54, 1.807) is 0 Å². The fourth-order valence-electron chi connectivity index (χ4n) is 2.65. The standard InChI is InChI=1S/C17H34O2/c1-2-3-4-5-6-7-8-9-10-11-12-13-14-15-17(18)16-19-17/h18H,2-16H2,1H3. The molecule has 1 N–H and O–H groups in total. The van der Waals surface area contributed by atoms with Crippen molar-refractivity contribution >= 4 is 0 Å². The summed E-state index contributed by atoms with van der Waals surface area (Å²) in [5.74, 6) is -0.711. The fourth-order valence-corrected chi connectivity index (χ4v) is 2.65. The minimum Gasteiger partial charge on any atom is -0.364 e. The van der Waals surface area contributed by atoms with Crippen LogP contribution in [-0.4, -0.2) is 17.5 Å². The highest BCUT2D eigenvalue weighted by atomic mass is 16.7. The van der Waals surface area contributed by atoms with Crippen LogP contribution in [-0.2, 0) is 4.74 Å². The predicted molar refractivity (Wildman–Crippen MR) is 81.2 cm³/mol. The van der Waals surface area contributed by atoms with Crippen molar-refractivity contribution in [3.8, 4) is 0 Å². The molecular weight excluding hydrogens is 236 g/mol. The Hall–Kier alpha value is -0.0800. The van der Waals surface area contributed by atoms with Crippen molar-refractivity contribution in [1.29, 1.82) is 0 Å². The Balaban J connectivity index is 1.65. The Labute approximate surface area is 119 Å². The SMILES string of the molecule is CCCCCCCCCCCCCCCC1(O)CO1. The molecule has 0 aromatic heterocycles. The van der Waals surface area contributed by atoms with Crippen LogP contribution in [0.25, 0.3) is 0 Å². The molecule has 1 unspecified atom stereocenters. The van der Waals surface area contributed by atoms with Gasteiger partial charge in [-0.05, 0) is 6.42 Å². The molecule has 1 fully saturated rings. The van der Waals surface area contributed by atoms with Crippen LogP contribution in [0.15, 0.2) is 0 Å². The van der Waals surface area contributed by atoms with Crippen molar-refractivity contribution in [3.05, 3.63) is 0 Å². The summed E-state index contributed by atoms with van der Waals surface area (Å²) in [6, 6.07) is 0. The van der Waals surface area contributed by atoms with Crippen LogP contribution in [0, 0.1) is 0 Å². The van der Waals surface area contributed by atoms with Crippen LogP contribution in [0.3, 0.4) is 0 Å². The maximum absolute atomic E-state index is 9.48. The summed E-state index contributed by atoms with van der Waals surface area (Å²) in [6.45, 7) is 2.84. The van der Waals surface area contributed by atoms with E-state index >= 15 is 0 Å². The van der Waals surface area contributed by atoms with Gasteiger partial charge in [-0.2, -0.15) is 0 Å². The molecule has 114 valence electrons. The molecule has 1 aliphatic heterocycles. The molecule has 1 rings (SSSR count). The lowest BCUT2D eigenvalue weighted by atomic mass is 10.0. The molecule has 0 saturated carbocycles. The number of hydrogen-bond acceptors (Lipinski definition) is 2. The number of unbranched alkanes of at least 4 members (excludes halogenated alkanes) is 12. The van der Waals surface area contributed by atoms with Crippen molar-refractivity contribution < 1.29 is 9.84 Å².